The minimum absolute atomic E-state index is 0.236. The number of pyridine rings is 1. The number of aromatic amines is 1. The molecule has 0 aliphatic carbocycles. The van der Waals surface area contributed by atoms with E-state index in [1.165, 1.54) is 0 Å². The molecule has 0 aliphatic heterocycles. The highest BCUT2D eigenvalue weighted by molar-refractivity contribution is 5.64. The molecule has 0 spiro atoms. The Labute approximate surface area is 118 Å². The van der Waals surface area contributed by atoms with Crippen molar-refractivity contribution in [3.05, 3.63) is 60.3 Å². The van der Waals surface area contributed by atoms with E-state index in [9.17, 15) is 13.2 Å². The van der Waals surface area contributed by atoms with E-state index in [1.807, 2.05) is 30.3 Å². The number of nitrogens with one attached hydrogen (secondary N) is 1. The van der Waals surface area contributed by atoms with E-state index >= 15 is 0 Å². The highest BCUT2D eigenvalue weighted by Gasteiger charge is 2.34. The van der Waals surface area contributed by atoms with E-state index < -0.39 is 11.9 Å². The molecule has 2 heterocycles. The molecule has 0 amide bonds. The summed E-state index contributed by atoms with van der Waals surface area (Å²) in [6.45, 7) is 0. The van der Waals surface area contributed by atoms with Crippen LogP contribution in [0.2, 0.25) is 0 Å². The van der Waals surface area contributed by atoms with Gasteiger partial charge in [-0.2, -0.15) is 18.3 Å². The fourth-order valence-corrected chi connectivity index (χ4v) is 1.95. The molecule has 3 nitrogen and oxygen atoms in total. The van der Waals surface area contributed by atoms with Gasteiger partial charge >= 0.3 is 6.18 Å². The molecule has 0 saturated carbocycles. The van der Waals surface area contributed by atoms with Gasteiger partial charge in [0.25, 0.3) is 0 Å². The second kappa shape index (κ2) is 5.05. The van der Waals surface area contributed by atoms with Crippen molar-refractivity contribution in [3.8, 4) is 22.6 Å². The third kappa shape index (κ3) is 2.79. The van der Waals surface area contributed by atoms with Crippen LogP contribution in [0.15, 0.2) is 54.6 Å². The van der Waals surface area contributed by atoms with E-state index in [-0.39, 0.29) is 5.69 Å². The van der Waals surface area contributed by atoms with Gasteiger partial charge < -0.3 is 0 Å². The van der Waals surface area contributed by atoms with Gasteiger partial charge in [0.1, 0.15) is 0 Å². The van der Waals surface area contributed by atoms with Crippen molar-refractivity contribution in [2.75, 3.05) is 0 Å². The van der Waals surface area contributed by atoms with Crippen LogP contribution in [0.3, 0.4) is 0 Å². The fraction of sp³-hybridized carbons (Fsp3) is 0.0667. The maximum Gasteiger partial charge on any atom is 0.435 e. The molecule has 0 radical (unpaired) electrons. The van der Waals surface area contributed by atoms with Gasteiger partial charge in [0.2, 0.25) is 0 Å². The number of hydrogen-bond donors (Lipinski definition) is 1. The first-order valence-corrected chi connectivity index (χ1v) is 6.19. The van der Waals surface area contributed by atoms with Crippen LogP contribution in [0.4, 0.5) is 13.2 Å². The number of rotatable bonds is 2. The second-order valence-electron chi connectivity index (χ2n) is 4.44. The van der Waals surface area contributed by atoms with Crippen LogP contribution in [0.1, 0.15) is 5.69 Å². The summed E-state index contributed by atoms with van der Waals surface area (Å²) in [6.07, 6.45) is -4.47. The quantitative estimate of drug-likeness (QED) is 0.769. The van der Waals surface area contributed by atoms with Gasteiger partial charge in [-0.05, 0) is 18.2 Å². The van der Waals surface area contributed by atoms with Crippen LogP contribution in [-0.4, -0.2) is 15.2 Å². The van der Waals surface area contributed by atoms with Gasteiger partial charge in [-0.25, -0.2) is 4.98 Å². The van der Waals surface area contributed by atoms with Crippen LogP contribution in [0.25, 0.3) is 22.6 Å². The largest absolute Gasteiger partial charge is 0.435 e. The summed E-state index contributed by atoms with van der Waals surface area (Å²) in [5.74, 6) is 0. The summed E-state index contributed by atoms with van der Waals surface area (Å²) in [7, 11) is 0. The van der Waals surface area contributed by atoms with Crippen molar-refractivity contribution in [1.29, 1.82) is 0 Å². The molecule has 3 aromatic rings. The number of benzene rings is 1. The highest BCUT2D eigenvalue weighted by atomic mass is 19.4. The first-order valence-electron chi connectivity index (χ1n) is 6.19. The van der Waals surface area contributed by atoms with Crippen LogP contribution in [0.5, 0.6) is 0 Å². The lowest BCUT2D eigenvalue weighted by atomic mass is 10.1. The van der Waals surface area contributed by atoms with Crippen molar-refractivity contribution >= 4 is 0 Å². The van der Waals surface area contributed by atoms with Gasteiger partial charge in [-0.3, -0.25) is 5.10 Å². The Morgan fingerprint density at radius 1 is 0.857 bits per heavy atom. The topological polar surface area (TPSA) is 41.6 Å². The first-order chi connectivity index (χ1) is 10.0. The van der Waals surface area contributed by atoms with Gasteiger partial charge in [-0.1, -0.05) is 36.4 Å². The molecule has 1 aromatic carbocycles. The third-order valence-electron chi connectivity index (χ3n) is 2.96. The zero-order valence-electron chi connectivity index (χ0n) is 10.7. The van der Waals surface area contributed by atoms with E-state index in [4.69, 9.17) is 0 Å². The fourth-order valence-electron chi connectivity index (χ4n) is 1.95. The minimum atomic E-state index is -4.47. The monoisotopic (exact) mass is 289 g/mol. The van der Waals surface area contributed by atoms with Crippen molar-refractivity contribution < 1.29 is 13.2 Å². The number of hydrogen-bond acceptors (Lipinski definition) is 2. The molecule has 106 valence electrons. The highest BCUT2D eigenvalue weighted by Crippen LogP contribution is 2.30. The molecule has 21 heavy (non-hydrogen) atoms. The maximum atomic E-state index is 12.6. The van der Waals surface area contributed by atoms with E-state index in [0.29, 0.717) is 11.4 Å². The minimum Gasteiger partial charge on any atom is -0.276 e. The van der Waals surface area contributed by atoms with Crippen LogP contribution in [0, 0.1) is 0 Å². The molecule has 0 unspecified atom stereocenters. The molecular formula is C15H10F3N3. The van der Waals surface area contributed by atoms with E-state index in [2.05, 4.69) is 15.2 Å². The van der Waals surface area contributed by atoms with Crippen molar-refractivity contribution in [2.45, 2.75) is 6.18 Å². The summed E-state index contributed by atoms with van der Waals surface area (Å²) in [5.41, 5.74) is 1.29. The molecule has 2 aromatic heterocycles. The predicted molar refractivity (Wildman–Crippen MR) is 72.3 cm³/mol. The normalized spacial score (nSPS) is 11.6. The molecule has 0 bridgehead atoms. The summed E-state index contributed by atoms with van der Waals surface area (Å²) >= 11 is 0. The Hall–Kier alpha value is -2.63. The zero-order valence-corrected chi connectivity index (χ0v) is 10.7. The summed E-state index contributed by atoms with van der Waals surface area (Å²) < 4.78 is 37.7. The molecule has 3 rings (SSSR count). The van der Waals surface area contributed by atoms with Gasteiger partial charge in [-0.15, -0.1) is 0 Å². The predicted octanol–water partition coefficient (Wildman–Crippen LogP) is 4.16. The number of H-pyrrole nitrogens is 1. The number of nitrogens with zero attached hydrogens (tertiary/aromatic N) is 2. The van der Waals surface area contributed by atoms with Gasteiger partial charge in [0.05, 0.1) is 17.1 Å². The first kappa shape index (κ1) is 13.4. The van der Waals surface area contributed by atoms with Crippen LogP contribution < -0.4 is 0 Å². The molecule has 0 atom stereocenters. The standard InChI is InChI=1S/C15H10F3N3/c16-15(17,18)14-9-13(20-21-14)12-8-4-7-11(19-12)10-5-2-1-3-6-10/h1-9H,(H,20,21). The average molecular weight is 289 g/mol. The zero-order chi connectivity index (χ0) is 14.9. The lowest BCUT2D eigenvalue weighted by Crippen LogP contribution is -2.04. The smallest absolute Gasteiger partial charge is 0.276 e. The molecule has 0 aliphatic rings. The SMILES string of the molecule is FC(F)(F)c1cc(-c2cccc(-c3ccccc3)n2)[nH]n1. The number of alkyl halides is 3. The summed E-state index contributed by atoms with van der Waals surface area (Å²) in [6, 6.07) is 15.6. The number of halogens is 3. The third-order valence-corrected chi connectivity index (χ3v) is 2.96. The van der Waals surface area contributed by atoms with Gasteiger partial charge in [0, 0.05) is 5.56 Å². The molecule has 0 fully saturated rings. The van der Waals surface area contributed by atoms with Crippen LogP contribution in [-0.2, 0) is 6.18 Å². The molecular weight excluding hydrogens is 279 g/mol. The van der Waals surface area contributed by atoms with Gasteiger partial charge in [0.15, 0.2) is 5.69 Å². The Morgan fingerprint density at radius 3 is 2.24 bits per heavy atom. The van der Waals surface area contributed by atoms with Crippen molar-refractivity contribution in [3.63, 3.8) is 0 Å². The Bertz CT molecular complexity index is 748. The van der Waals surface area contributed by atoms with Crippen LogP contribution >= 0.6 is 0 Å². The molecule has 0 saturated heterocycles. The lowest BCUT2D eigenvalue weighted by molar-refractivity contribution is -0.141. The Kier molecular flexibility index (Phi) is 3.21. The molecule has 1 N–H and O–H groups in total. The summed E-state index contributed by atoms with van der Waals surface area (Å²) in [5, 5.41) is 5.65. The molecule has 6 heteroatoms. The second-order valence-corrected chi connectivity index (χ2v) is 4.44. The van der Waals surface area contributed by atoms with Crippen molar-refractivity contribution in [2.24, 2.45) is 0 Å². The average Bonchev–Trinajstić information content (AvgIpc) is 2.98. The van der Waals surface area contributed by atoms with E-state index in [0.717, 1.165) is 11.6 Å². The number of aromatic nitrogens is 3. The summed E-state index contributed by atoms with van der Waals surface area (Å²) in [4.78, 5) is 4.37. The Balaban J connectivity index is 1.99. The maximum absolute atomic E-state index is 12.6. The lowest BCUT2D eigenvalue weighted by Gasteiger charge is -2.03. The van der Waals surface area contributed by atoms with Crippen molar-refractivity contribution in [1.82, 2.24) is 15.2 Å². The van der Waals surface area contributed by atoms with E-state index in [1.54, 1.807) is 18.2 Å². The Morgan fingerprint density at radius 2 is 1.57 bits per heavy atom.